The highest BCUT2D eigenvalue weighted by atomic mass is 32.1. The number of fused-ring (bicyclic) bond motifs is 1. The minimum absolute atomic E-state index is 0.425. The van der Waals surface area contributed by atoms with Gasteiger partial charge in [-0.1, -0.05) is 13.8 Å². The van der Waals surface area contributed by atoms with E-state index >= 15 is 0 Å². The van der Waals surface area contributed by atoms with Crippen LogP contribution in [0.5, 0.6) is 0 Å². The fourth-order valence-electron chi connectivity index (χ4n) is 2.41. The summed E-state index contributed by atoms with van der Waals surface area (Å²) in [6, 6.07) is 0. The highest BCUT2D eigenvalue weighted by Gasteiger charge is 2.22. The lowest BCUT2D eigenvalue weighted by molar-refractivity contribution is 0.208. The molecule has 0 atom stereocenters. The molecule has 3 heterocycles. The van der Waals surface area contributed by atoms with Crippen LogP contribution < -0.4 is 5.73 Å². The third kappa shape index (κ3) is 2.48. The zero-order valence-electron chi connectivity index (χ0n) is 11.2. The van der Waals surface area contributed by atoms with Gasteiger partial charge in [-0.2, -0.15) is 0 Å². The summed E-state index contributed by atoms with van der Waals surface area (Å²) in [5, 5.41) is 9.25. The number of rotatable bonds is 3. The van der Waals surface area contributed by atoms with Crippen molar-refractivity contribution >= 4 is 16.5 Å². The second-order valence-electron chi connectivity index (χ2n) is 5.16. The van der Waals surface area contributed by atoms with Crippen LogP contribution in [0, 0.1) is 0 Å². The minimum Gasteiger partial charge on any atom is -0.375 e. The molecule has 0 aliphatic carbocycles. The molecule has 0 bridgehead atoms. The molecule has 0 radical (unpaired) electrons. The second kappa shape index (κ2) is 4.90. The van der Waals surface area contributed by atoms with Gasteiger partial charge < -0.3 is 10.3 Å². The van der Waals surface area contributed by atoms with Crippen LogP contribution in [0.4, 0.5) is 5.13 Å². The Kier molecular flexibility index (Phi) is 3.24. The van der Waals surface area contributed by atoms with Gasteiger partial charge in [-0.3, -0.25) is 4.90 Å². The molecule has 102 valence electrons. The molecule has 0 saturated carbocycles. The monoisotopic (exact) mass is 278 g/mol. The first-order valence-corrected chi connectivity index (χ1v) is 7.29. The highest BCUT2D eigenvalue weighted by Crippen LogP contribution is 2.21. The minimum atomic E-state index is 0.425. The summed E-state index contributed by atoms with van der Waals surface area (Å²) in [4.78, 5) is 7.66. The standard InChI is InChI=1S/C12H18N6S/c1-8(2)11-16-15-10-7-17(3-4-18(10)11)6-9-5-14-12(13)19-9/h5,8H,3-4,6-7H2,1-2H3,(H2,13,14). The van der Waals surface area contributed by atoms with E-state index in [2.05, 4.69) is 38.5 Å². The maximum Gasteiger partial charge on any atom is 0.180 e. The summed E-state index contributed by atoms with van der Waals surface area (Å²) >= 11 is 1.55. The van der Waals surface area contributed by atoms with E-state index < -0.39 is 0 Å². The average Bonchev–Trinajstić information content (AvgIpc) is 2.95. The van der Waals surface area contributed by atoms with Gasteiger partial charge in [0.15, 0.2) is 5.13 Å². The Morgan fingerprint density at radius 2 is 2.21 bits per heavy atom. The molecule has 1 aliphatic rings. The molecule has 0 saturated heterocycles. The maximum atomic E-state index is 5.66. The number of thiazole rings is 1. The Morgan fingerprint density at radius 3 is 2.89 bits per heavy atom. The van der Waals surface area contributed by atoms with Gasteiger partial charge >= 0.3 is 0 Å². The Bertz CT molecular complexity index is 573. The Hall–Kier alpha value is -1.47. The largest absolute Gasteiger partial charge is 0.375 e. The number of aromatic nitrogens is 4. The van der Waals surface area contributed by atoms with Gasteiger partial charge in [0, 0.05) is 36.6 Å². The molecule has 2 N–H and O–H groups in total. The van der Waals surface area contributed by atoms with Gasteiger partial charge in [-0.25, -0.2) is 4.98 Å². The summed E-state index contributed by atoms with van der Waals surface area (Å²) in [7, 11) is 0. The smallest absolute Gasteiger partial charge is 0.180 e. The van der Waals surface area contributed by atoms with Gasteiger partial charge in [0.25, 0.3) is 0 Å². The summed E-state index contributed by atoms with van der Waals surface area (Å²) in [5.74, 6) is 2.58. The van der Waals surface area contributed by atoms with E-state index in [1.165, 1.54) is 4.88 Å². The zero-order valence-corrected chi connectivity index (χ0v) is 12.0. The maximum absolute atomic E-state index is 5.66. The van der Waals surface area contributed by atoms with Gasteiger partial charge in [0.2, 0.25) is 0 Å². The van der Waals surface area contributed by atoms with Crippen LogP contribution in [0.25, 0.3) is 0 Å². The van der Waals surface area contributed by atoms with Crippen LogP contribution in [0.1, 0.15) is 36.3 Å². The van der Waals surface area contributed by atoms with Crippen molar-refractivity contribution in [3.8, 4) is 0 Å². The number of hydrogen-bond acceptors (Lipinski definition) is 6. The van der Waals surface area contributed by atoms with E-state index in [9.17, 15) is 0 Å². The normalized spacial score (nSPS) is 15.9. The third-order valence-electron chi connectivity index (χ3n) is 3.33. The lowest BCUT2D eigenvalue weighted by Crippen LogP contribution is -2.33. The van der Waals surface area contributed by atoms with Crippen molar-refractivity contribution < 1.29 is 0 Å². The summed E-state index contributed by atoms with van der Waals surface area (Å²) in [5.41, 5.74) is 5.66. The second-order valence-corrected chi connectivity index (χ2v) is 6.30. The number of nitrogens with two attached hydrogens (primary N) is 1. The lowest BCUT2D eigenvalue weighted by Gasteiger charge is -2.27. The van der Waals surface area contributed by atoms with Gasteiger partial charge in [0.1, 0.15) is 11.6 Å². The summed E-state index contributed by atoms with van der Waals surface area (Å²) < 4.78 is 2.25. The quantitative estimate of drug-likeness (QED) is 0.920. The molecule has 1 aliphatic heterocycles. The number of anilines is 1. The van der Waals surface area contributed by atoms with Crippen molar-refractivity contribution in [1.82, 2.24) is 24.6 Å². The molecule has 0 spiro atoms. The van der Waals surface area contributed by atoms with Crippen LogP contribution in [0.15, 0.2) is 6.20 Å². The molecule has 6 nitrogen and oxygen atoms in total. The summed E-state index contributed by atoms with van der Waals surface area (Å²) in [6.45, 7) is 8.02. The molecular weight excluding hydrogens is 260 g/mol. The van der Waals surface area contributed by atoms with Crippen molar-refractivity contribution in [3.05, 3.63) is 22.7 Å². The molecule has 2 aromatic rings. The third-order valence-corrected chi connectivity index (χ3v) is 4.14. The first kappa shape index (κ1) is 12.6. The predicted octanol–water partition coefficient (Wildman–Crippen LogP) is 1.46. The zero-order chi connectivity index (χ0) is 13.4. The van der Waals surface area contributed by atoms with Gasteiger partial charge in [-0.15, -0.1) is 21.5 Å². The van der Waals surface area contributed by atoms with Crippen molar-refractivity contribution in [1.29, 1.82) is 0 Å². The first-order valence-electron chi connectivity index (χ1n) is 6.48. The van der Waals surface area contributed by atoms with E-state index in [-0.39, 0.29) is 0 Å². The molecule has 3 rings (SSSR count). The van der Waals surface area contributed by atoms with E-state index in [0.717, 1.165) is 37.8 Å². The fourth-order valence-corrected chi connectivity index (χ4v) is 3.13. The number of nitrogen functional groups attached to an aromatic ring is 1. The van der Waals surface area contributed by atoms with Crippen molar-refractivity contribution in [2.24, 2.45) is 0 Å². The predicted molar refractivity (Wildman–Crippen MR) is 74.8 cm³/mol. The van der Waals surface area contributed by atoms with Gasteiger partial charge in [-0.05, 0) is 0 Å². The summed E-state index contributed by atoms with van der Waals surface area (Å²) in [6.07, 6.45) is 1.86. The Balaban J connectivity index is 1.72. The van der Waals surface area contributed by atoms with Crippen LogP contribution in [-0.4, -0.2) is 31.2 Å². The Labute approximate surface area is 116 Å². The van der Waals surface area contributed by atoms with E-state index in [0.29, 0.717) is 11.0 Å². The molecule has 0 fully saturated rings. The molecule has 19 heavy (non-hydrogen) atoms. The topological polar surface area (TPSA) is 72.9 Å². The molecule has 7 heteroatoms. The van der Waals surface area contributed by atoms with Crippen LogP contribution in [-0.2, 0) is 19.6 Å². The van der Waals surface area contributed by atoms with Crippen molar-refractivity contribution in [2.75, 3.05) is 12.3 Å². The van der Waals surface area contributed by atoms with Crippen LogP contribution >= 0.6 is 11.3 Å². The van der Waals surface area contributed by atoms with E-state index in [4.69, 9.17) is 5.73 Å². The van der Waals surface area contributed by atoms with E-state index in [1.807, 2.05) is 6.20 Å². The van der Waals surface area contributed by atoms with E-state index in [1.54, 1.807) is 11.3 Å². The van der Waals surface area contributed by atoms with Crippen molar-refractivity contribution in [2.45, 2.75) is 39.4 Å². The Morgan fingerprint density at radius 1 is 1.37 bits per heavy atom. The molecule has 0 amide bonds. The molecule has 0 unspecified atom stereocenters. The fraction of sp³-hybridized carbons (Fsp3) is 0.583. The molecule has 0 aromatic carbocycles. The first-order chi connectivity index (χ1) is 9.13. The van der Waals surface area contributed by atoms with Crippen molar-refractivity contribution in [3.63, 3.8) is 0 Å². The van der Waals surface area contributed by atoms with Crippen LogP contribution in [0.2, 0.25) is 0 Å². The number of nitrogens with zero attached hydrogens (tertiary/aromatic N) is 5. The highest BCUT2D eigenvalue weighted by molar-refractivity contribution is 7.15. The molecular formula is C12H18N6S. The lowest BCUT2D eigenvalue weighted by atomic mass is 10.2. The average molecular weight is 278 g/mol. The van der Waals surface area contributed by atoms with Gasteiger partial charge in [0.05, 0.1) is 6.54 Å². The number of hydrogen-bond donors (Lipinski definition) is 1. The SMILES string of the molecule is CC(C)c1nnc2n1CCN(Cc1cnc(N)s1)C2. The van der Waals surface area contributed by atoms with Crippen LogP contribution in [0.3, 0.4) is 0 Å². The molecule has 2 aromatic heterocycles.